The minimum atomic E-state index is -0.493. The first-order chi connectivity index (χ1) is 9.99. The van der Waals surface area contributed by atoms with E-state index >= 15 is 0 Å². The van der Waals surface area contributed by atoms with Crippen LogP contribution in [0.3, 0.4) is 0 Å². The number of non-ortho nitro benzene ring substituents is 1. The van der Waals surface area contributed by atoms with Gasteiger partial charge in [-0.25, -0.2) is 4.39 Å². The molecule has 5 nitrogen and oxygen atoms in total. The van der Waals surface area contributed by atoms with Crippen molar-refractivity contribution < 1.29 is 14.1 Å². The molecule has 0 fully saturated rings. The molecule has 1 N–H and O–H groups in total. The van der Waals surface area contributed by atoms with E-state index in [-0.39, 0.29) is 5.69 Å². The van der Waals surface area contributed by atoms with E-state index in [2.05, 4.69) is 21.2 Å². The fourth-order valence-electron chi connectivity index (χ4n) is 1.74. The maximum atomic E-state index is 13.0. The van der Waals surface area contributed by atoms with Gasteiger partial charge in [-0.3, -0.25) is 10.1 Å². The van der Waals surface area contributed by atoms with Gasteiger partial charge in [-0.05, 0) is 41.1 Å². The molecule has 2 aromatic rings. The fraction of sp³-hybridized carbons (Fsp3) is 0.143. The number of ether oxygens (including phenoxy) is 1. The van der Waals surface area contributed by atoms with Crippen molar-refractivity contribution in [3.63, 3.8) is 0 Å². The number of nitro groups is 1. The average molecular weight is 355 g/mol. The van der Waals surface area contributed by atoms with Gasteiger partial charge in [0.1, 0.15) is 17.3 Å². The van der Waals surface area contributed by atoms with Crippen LogP contribution in [0.2, 0.25) is 0 Å². The van der Waals surface area contributed by atoms with Crippen molar-refractivity contribution in [1.82, 2.24) is 0 Å². The molecule has 2 aromatic carbocycles. The molecule has 0 aromatic heterocycles. The molecule has 7 heteroatoms. The van der Waals surface area contributed by atoms with Crippen LogP contribution >= 0.6 is 15.9 Å². The molecule has 0 amide bonds. The Hall–Kier alpha value is -2.15. The van der Waals surface area contributed by atoms with Gasteiger partial charge in [0, 0.05) is 24.4 Å². The predicted octanol–water partition coefficient (Wildman–Crippen LogP) is 4.72. The summed E-state index contributed by atoms with van der Waals surface area (Å²) in [5.41, 5.74) is 0.501. The van der Waals surface area contributed by atoms with Crippen molar-refractivity contribution in [2.45, 2.75) is 6.92 Å². The van der Waals surface area contributed by atoms with Gasteiger partial charge in [0.15, 0.2) is 0 Å². The topological polar surface area (TPSA) is 64.4 Å². The molecule has 0 saturated heterocycles. The average Bonchev–Trinajstić information content (AvgIpc) is 2.42. The van der Waals surface area contributed by atoms with Gasteiger partial charge < -0.3 is 10.1 Å². The van der Waals surface area contributed by atoms with E-state index in [0.29, 0.717) is 28.2 Å². The summed E-state index contributed by atoms with van der Waals surface area (Å²) in [4.78, 5) is 10.4. The lowest BCUT2D eigenvalue weighted by Crippen LogP contribution is -1.99. The normalized spacial score (nSPS) is 10.2. The molecule has 0 aliphatic carbocycles. The van der Waals surface area contributed by atoms with E-state index in [1.807, 2.05) is 6.92 Å². The Morgan fingerprint density at radius 2 is 2.10 bits per heavy atom. The van der Waals surface area contributed by atoms with E-state index < -0.39 is 10.7 Å². The second-order valence-electron chi connectivity index (χ2n) is 4.18. The lowest BCUT2D eigenvalue weighted by Gasteiger charge is -2.10. The number of benzene rings is 2. The SMILES string of the molecule is CCNc1cc(Oc2ccc(F)cc2Br)cc([N+](=O)[O-])c1. The number of hydrogen-bond donors (Lipinski definition) is 1. The molecule has 2 rings (SSSR count). The second-order valence-corrected chi connectivity index (χ2v) is 5.03. The van der Waals surface area contributed by atoms with E-state index in [1.54, 1.807) is 6.07 Å². The van der Waals surface area contributed by atoms with Gasteiger partial charge in [0.25, 0.3) is 5.69 Å². The van der Waals surface area contributed by atoms with E-state index in [1.165, 1.54) is 30.3 Å². The molecule has 110 valence electrons. The lowest BCUT2D eigenvalue weighted by atomic mass is 10.2. The summed E-state index contributed by atoms with van der Waals surface area (Å²) in [5, 5.41) is 13.9. The highest BCUT2D eigenvalue weighted by Crippen LogP contribution is 2.33. The standard InChI is InChI=1S/C14H12BrFN2O3/c1-2-17-10-6-11(18(19)20)8-12(7-10)21-14-4-3-9(16)5-13(14)15/h3-8,17H,2H2,1H3. The number of nitrogens with one attached hydrogen (secondary N) is 1. The second kappa shape index (κ2) is 6.53. The van der Waals surface area contributed by atoms with E-state index in [0.717, 1.165) is 0 Å². The summed E-state index contributed by atoms with van der Waals surface area (Å²) in [6.45, 7) is 2.51. The van der Waals surface area contributed by atoms with Crippen LogP contribution in [-0.4, -0.2) is 11.5 Å². The van der Waals surface area contributed by atoms with Crippen LogP contribution in [0, 0.1) is 15.9 Å². The molecule has 0 radical (unpaired) electrons. The Morgan fingerprint density at radius 1 is 1.33 bits per heavy atom. The van der Waals surface area contributed by atoms with Gasteiger partial charge >= 0.3 is 0 Å². The highest BCUT2D eigenvalue weighted by Gasteiger charge is 2.12. The van der Waals surface area contributed by atoms with Crippen LogP contribution in [0.25, 0.3) is 0 Å². The number of anilines is 1. The number of nitro benzene ring substituents is 1. The Bertz CT molecular complexity index is 679. The van der Waals surface area contributed by atoms with E-state index in [4.69, 9.17) is 4.74 Å². The first kappa shape index (κ1) is 15.2. The number of halogens is 2. The van der Waals surface area contributed by atoms with Crippen LogP contribution in [0.4, 0.5) is 15.8 Å². The highest BCUT2D eigenvalue weighted by atomic mass is 79.9. The molecule has 0 bridgehead atoms. The molecule has 0 aliphatic heterocycles. The summed E-state index contributed by atoms with van der Waals surface area (Å²) >= 11 is 3.19. The third-order valence-corrected chi connectivity index (χ3v) is 3.22. The summed E-state index contributed by atoms with van der Waals surface area (Å²) in [7, 11) is 0. The van der Waals surface area contributed by atoms with Crippen molar-refractivity contribution in [3.05, 3.63) is 56.8 Å². The van der Waals surface area contributed by atoms with Gasteiger partial charge in [-0.15, -0.1) is 0 Å². The van der Waals surface area contributed by atoms with Crippen LogP contribution in [-0.2, 0) is 0 Å². The summed E-state index contributed by atoms with van der Waals surface area (Å²) in [6, 6.07) is 8.35. The molecule has 0 heterocycles. The smallest absolute Gasteiger partial charge is 0.275 e. The molecule has 0 aliphatic rings. The Morgan fingerprint density at radius 3 is 2.71 bits per heavy atom. The molecule has 0 unspecified atom stereocenters. The minimum absolute atomic E-state index is 0.0818. The Balaban J connectivity index is 2.36. The van der Waals surface area contributed by atoms with Gasteiger partial charge in [-0.2, -0.15) is 0 Å². The molecule has 0 atom stereocenters. The number of rotatable bonds is 5. The van der Waals surface area contributed by atoms with Crippen LogP contribution in [0.15, 0.2) is 40.9 Å². The quantitative estimate of drug-likeness (QED) is 0.623. The zero-order chi connectivity index (χ0) is 15.4. The molecule has 21 heavy (non-hydrogen) atoms. The van der Waals surface area contributed by atoms with Crippen LogP contribution in [0.5, 0.6) is 11.5 Å². The third kappa shape index (κ3) is 3.91. The molecule has 0 saturated carbocycles. The van der Waals surface area contributed by atoms with Crippen molar-refractivity contribution >= 4 is 27.3 Å². The van der Waals surface area contributed by atoms with Crippen molar-refractivity contribution in [2.75, 3.05) is 11.9 Å². The van der Waals surface area contributed by atoms with Gasteiger partial charge in [0.2, 0.25) is 0 Å². The maximum absolute atomic E-state index is 13.0. The molecular weight excluding hydrogens is 343 g/mol. The first-order valence-corrected chi connectivity index (χ1v) is 6.95. The summed E-state index contributed by atoms with van der Waals surface area (Å²) < 4.78 is 19.0. The van der Waals surface area contributed by atoms with Crippen LogP contribution < -0.4 is 10.1 Å². The van der Waals surface area contributed by atoms with Crippen molar-refractivity contribution in [3.8, 4) is 11.5 Å². The number of nitrogens with zero attached hydrogens (tertiary/aromatic N) is 1. The first-order valence-electron chi connectivity index (χ1n) is 6.16. The van der Waals surface area contributed by atoms with E-state index in [9.17, 15) is 14.5 Å². The Labute approximate surface area is 129 Å². The largest absolute Gasteiger partial charge is 0.456 e. The van der Waals surface area contributed by atoms with Crippen LogP contribution in [0.1, 0.15) is 6.92 Å². The maximum Gasteiger partial charge on any atom is 0.275 e. The van der Waals surface area contributed by atoms with Gasteiger partial charge in [0.05, 0.1) is 15.5 Å². The minimum Gasteiger partial charge on any atom is -0.456 e. The monoisotopic (exact) mass is 354 g/mol. The van der Waals surface area contributed by atoms with Gasteiger partial charge in [-0.1, -0.05) is 0 Å². The lowest BCUT2D eigenvalue weighted by molar-refractivity contribution is -0.384. The highest BCUT2D eigenvalue weighted by molar-refractivity contribution is 9.10. The fourth-order valence-corrected chi connectivity index (χ4v) is 2.17. The summed E-state index contributed by atoms with van der Waals surface area (Å²) in [6.07, 6.45) is 0. The van der Waals surface area contributed by atoms with Crippen molar-refractivity contribution in [1.29, 1.82) is 0 Å². The Kier molecular flexibility index (Phi) is 4.74. The zero-order valence-corrected chi connectivity index (χ0v) is 12.7. The number of hydrogen-bond acceptors (Lipinski definition) is 4. The predicted molar refractivity (Wildman–Crippen MR) is 81.4 cm³/mol. The zero-order valence-electron chi connectivity index (χ0n) is 11.1. The summed E-state index contributed by atoms with van der Waals surface area (Å²) in [5.74, 6) is 0.272. The molecule has 0 spiro atoms. The van der Waals surface area contributed by atoms with Crippen molar-refractivity contribution in [2.24, 2.45) is 0 Å². The third-order valence-electron chi connectivity index (χ3n) is 2.60. The molecular formula is C14H12BrFN2O3.